The van der Waals surface area contributed by atoms with Crippen molar-refractivity contribution in [3.05, 3.63) is 59.9 Å². The van der Waals surface area contributed by atoms with Crippen molar-refractivity contribution < 1.29 is 4.74 Å². The third-order valence-electron chi connectivity index (χ3n) is 3.90. The quantitative estimate of drug-likeness (QED) is 0.652. The van der Waals surface area contributed by atoms with Crippen LogP contribution in [-0.2, 0) is 6.54 Å². The van der Waals surface area contributed by atoms with Crippen molar-refractivity contribution in [3.63, 3.8) is 0 Å². The fraction of sp³-hybridized carbons (Fsp3) is 0.350. The van der Waals surface area contributed by atoms with Gasteiger partial charge in [0.15, 0.2) is 11.9 Å². The van der Waals surface area contributed by atoms with Gasteiger partial charge in [0.25, 0.3) is 0 Å². The van der Waals surface area contributed by atoms with Gasteiger partial charge in [-0.1, -0.05) is 38.1 Å². The molecule has 3 heteroatoms. The molecule has 3 aromatic rings. The molecule has 0 aliphatic rings. The Balaban J connectivity index is 1.97. The molecule has 0 aliphatic heterocycles. The first-order valence-corrected chi connectivity index (χ1v) is 8.23. The van der Waals surface area contributed by atoms with Crippen molar-refractivity contribution in [2.75, 3.05) is 0 Å². The van der Waals surface area contributed by atoms with E-state index in [-0.39, 0.29) is 6.10 Å². The molecule has 1 aromatic heterocycles. The summed E-state index contributed by atoms with van der Waals surface area (Å²) in [5, 5.41) is 0. The monoisotopic (exact) mass is 308 g/mol. The molecule has 0 aliphatic carbocycles. The van der Waals surface area contributed by atoms with Crippen molar-refractivity contribution in [3.8, 4) is 5.75 Å². The number of imidazole rings is 1. The normalized spacial score (nSPS) is 12.7. The Morgan fingerprint density at radius 1 is 1.04 bits per heavy atom. The summed E-state index contributed by atoms with van der Waals surface area (Å²) in [4.78, 5) is 4.82. The van der Waals surface area contributed by atoms with E-state index in [0.29, 0.717) is 5.92 Å². The molecule has 23 heavy (non-hydrogen) atoms. The topological polar surface area (TPSA) is 27.1 Å². The Morgan fingerprint density at radius 3 is 2.57 bits per heavy atom. The summed E-state index contributed by atoms with van der Waals surface area (Å²) in [5.74, 6) is 2.43. The van der Waals surface area contributed by atoms with Crippen LogP contribution in [0.15, 0.2) is 48.5 Å². The van der Waals surface area contributed by atoms with E-state index in [9.17, 15) is 0 Å². The number of hydrogen-bond donors (Lipinski definition) is 0. The Hall–Kier alpha value is -2.29. The molecule has 0 bridgehead atoms. The summed E-state index contributed by atoms with van der Waals surface area (Å²) in [7, 11) is 0. The highest BCUT2D eigenvalue weighted by Gasteiger charge is 2.18. The van der Waals surface area contributed by atoms with E-state index in [0.717, 1.165) is 23.6 Å². The van der Waals surface area contributed by atoms with Crippen LogP contribution in [0.2, 0.25) is 0 Å². The van der Waals surface area contributed by atoms with Crippen LogP contribution in [0.25, 0.3) is 11.0 Å². The minimum Gasteiger partial charge on any atom is -0.483 e. The van der Waals surface area contributed by atoms with Gasteiger partial charge in [0.2, 0.25) is 0 Å². The average molecular weight is 308 g/mol. The third kappa shape index (κ3) is 3.39. The maximum absolute atomic E-state index is 6.15. The predicted octanol–water partition coefficient (Wildman–Crippen LogP) is 5.14. The van der Waals surface area contributed by atoms with E-state index < -0.39 is 0 Å². The maximum Gasteiger partial charge on any atom is 0.153 e. The van der Waals surface area contributed by atoms with Crippen molar-refractivity contribution in [1.29, 1.82) is 0 Å². The highest BCUT2D eigenvalue weighted by Crippen LogP contribution is 2.26. The van der Waals surface area contributed by atoms with E-state index in [1.807, 2.05) is 18.2 Å². The molecule has 0 radical (unpaired) electrons. The summed E-state index contributed by atoms with van der Waals surface area (Å²) in [6, 6.07) is 16.5. The van der Waals surface area contributed by atoms with Crippen LogP contribution in [-0.4, -0.2) is 9.55 Å². The van der Waals surface area contributed by atoms with Gasteiger partial charge in [-0.3, -0.25) is 0 Å². The molecule has 1 unspecified atom stereocenters. The molecule has 0 saturated carbocycles. The molecule has 2 aromatic carbocycles. The molecule has 0 spiro atoms. The third-order valence-corrected chi connectivity index (χ3v) is 3.90. The fourth-order valence-corrected chi connectivity index (χ4v) is 2.91. The molecule has 1 heterocycles. The molecule has 3 nitrogen and oxygen atoms in total. The molecular weight excluding hydrogens is 284 g/mol. The minimum atomic E-state index is -0.0945. The number of benzene rings is 2. The number of aromatic nitrogens is 2. The van der Waals surface area contributed by atoms with E-state index in [1.165, 1.54) is 11.1 Å². The standard InChI is InChI=1S/C20H24N2O/c1-14(2)13-22-19-11-6-5-10-18(19)21-20(22)16(4)23-17-9-7-8-15(3)12-17/h5-12,14,16H,13H2,1-4H3. The number of para-hydroxylation sites is 2. The van der Waals surface area contributed by atoms with Crippen LogP contribution < -0.4 is 4.74 Å². The van der Waals surface area contributed by atoms with E-state index >= 15 is 0 Å². The van der Waals surface area contributed by atoms with Gasteiger partial charge >= 0.3 is 0 Å². The Bertz CT molecular complexity index is 804. The van der Waals surface area contributed by atoms with Gasteiger partial charge in [0.1, 0.15) is 5.75 Å². The first-order valence-electron chi connectivity index (χ1n) is 8.23. The van der Waals surface area contributed by atoms with Crippen molar-refractivity contribution in [1.82, 2.24) is 9.55 Å². The molecule has 0 N–H and O–H groups in total. The largest absolute Gasteiger partial charge is 0.483 e. The number of fused-ring (bicyclic) bond motifs is 1. The highest BCUT2D eigenvalue weighted by molar-refractivity contribution is 5.76. The Kier molecular flexibility index (Phi) is 4.37. The summed E-state index contributed by atoms with van der Waals surface area (Å²) in [5.41, 5.74) is 3.41. The van der Waals surface area contributed by atoms with Gasteiger partial charge in [0.05, 0.1) is 11.0 Å². The number of ether oxygens (including phenoxy) is 1. The number of hydrogen-bond acceptors (Lipinski definition) is 2. The lowest BCUT2D eigenvalue weighted by Gasteiger charge is -2.18. The van der Waals surface area contributed by atoms with Crippen molar-refractivity contribution >= 4 is 11.0 Å². The second-order valence-electron chi connectivity index (χ2n) is 6.54. The molecule has 1 atom stereocenters. The zero-order valence-corrected chi connectivity index (χ0v) is 14.3. The summed E-state index contributed by atoms with van der Waals surface area (Å²) >= 11 is 0. The summed E-state index contributed by atoms with van der Waals surface area (Å²) < 4.78 is 8.44. The van der Waals surface area contributed by atoms with Crippen LogP contribution in [0.1, 0.15) is 38.3 Å². The maximum atomic E-state index is 6.15. The van der Waals surface area contributed by atoms with Crippen molar-refractivity contribution in [2.24, 2.45) is 5.92 Å². The minimum absolute atomic E-state index is 0.0945. The summed E-state index contributed by atoms with van der Waals surface area (Å²) in [6.45, 7) is 9.54. The van der Waals surface area contributed by atoms with Crippen molar-refractivity contribution in [2.45, 2.75) is 40.3 Å². The van der Waals surface area contributed by atoms with Crippen LogP contribution in [0, 0.1) is 12.8 Å². The van der Waals surface area contributed by atoms with Gasteiger partial charge in [-0.25, -0.2) is 4.98 Å². The van der Waals surface area contributed by atoms with Crippen LogP contribution in [0.3, 0.4) is 0 Å². The summed E-state index contributed by atoms with van der Waals surface area (Å²) in [6.07, 6.45) is -0.0945. The fourth-order valence-electron chi connectivity index (χ4n) is 2.91. The van der Waals surface area contributed by atoms with Gasteiger partial charge in [0, 0.05) is 6.54 Å². The zero-order valence-electron chi connectivity index (χ0n) is 14.3. The highest BCUT2D eigenvalue weighted by atomic mass is 16.5. The van der Waals surface area contributed by atoms with Gasteiger partial charge in [-0.05, 0) is 49.6 Å². The predicted molar refractivity (Wildman–Crippen MR) is 94.8 cm³/mol. The van der Waals surface area contributed by atoms with Gasteiger partial charge < -0.3 is 9.30 Å². The zero-order chi connectivity index (χ0) is 16.4. The lowest BCUT2D eigenvalue weighted by molar-refractivity contribution is 0.210. The van der Waals surface area contributed by atoms with E-state index in [2.05, 4.69) is 62.6 Å². The Labute approximate surface area is 137 Å². The van der Waals surface area contributed by atoms with Gasteiger partial charge in [-0.2, -0.15) is 0 Å². The van der Waals surface area contributed by atoms with E-state index in [4.69, 9.17) is 9.72 Å². The molecule has 0 saturated heterocycles. The Morgan fingerprint density at radius 2 is 1.83 bits per heavy atom. The van der Waals surface area contributed by atoms with Crippen LogP contribution in [0.4, 0.5) is 0 Å². The SMILES string of the molecule is Cc1cccc(OC(C)c2nc3ccccc3n2CC(C)C)c1. The second kappa shape index (κ2) is 6.45. The molecular formula is C20H24N2O. The lowest BCUT2D eigenvalue weighted by Crippen LogP contribution is -2.14. The molecule has 3 rings (SSSR count). The van der Waals surface area contributed by atoms with Crippen LogP contribution in [0.5, 0.6) is 5.75 Å². The first-order chi connectivity index (χ1) is 11.0. The molecule has 120 valence electrons. The lowest BCUT2D eigenvalue weighted by atomic mass is 10.2. The van der Waals surface area contributed by atoms with Gasteiger partial charge in [-0.15, -0.1) is 0 Å². The molecule has 0 fully saturated rings. The first kappa shape index (κ1) is 15.6. The molecule has 0 amide bonds. The smallest absolute Gasteiger partial charge is 0.153 e. The number of nitrogens with zero attached hydrogens (tertiary/aromatic N) is 2. The second-order valence-corrected chi connectivity index (χ2v) is 6.54. The number of aryl methyl sites for hydroxylation is 1. The van der Waals surface area contributed by atoms with E-state index in [1.54, 1.807) is 0 Å². The average Bonchev–Trinajstić information content (AvgIpc) is 2.86. The number of rotatable bonds is 5. The van der Waals surface area contributed by atoms with Crippen LogP contribution >= 0.6 is 0 Å².